The number of hydrogen-bond acceptors (Lipinski definition) is 8. The van der Waals surface area contributed by atoms with Crippen LogP contribution < -0.4 is 15.4 Å². The number of ether oxygens (including phenoxy) is 1. The molecule has 0 radical (unpaired) electrons. The lowest BCUT2D eigenvalue weighted by Crippen LogP contribution is -2.24. The number of hydrogen-bond donors (Lipinski definition) is 2. The Morgan fingerprint density at radius 2 is 2.03 bits per heavy atom. The summed E-state index contributed by atoms with van der Waals surface area (Å²) >= 11 is 1.04. The van der Waals surface area contributed by atoms with E-state index in [9.17, 15) is 20.4 Å². The predicted octanol–water partition coefficient (Wildman–Crippen LogP) is 1.72. The molecular formula is C20H19N5O3S. The summed E-state index contributed by atoms with van der Waals surface area (Å²) in [5.74, 6) is -0.160. The third-order valence-corrected chi connectivity index (χ3v) is 5.84. The van der Waals surface area contributed by atoms with Crippen LogP contribution in [-0.2, 0) is 4.79 Å². The van der Waals surface area contributed by atoms with Gasteiger partial charge in [-0.15, -0.1) is 0 Å². The van der Waals surface area contributed by atoms with Crippen molar-refractivity contribution in [3.63, 3.8) is 0 Å². The van der Waals surface area contributed by atoms with Gasteiger partial charge in [-0.2, -0.15) is 10.5 Å². The first-order valence-corrected chi connectivity index (χ1v) is 9.74. The van der Waals surface area contributed by atoms with Gasteiger partial charge in [0.05, 0.1) is 13.2 Å². The molecule has 2 heterocycles. The zero-order chi connectivity index (χ0) is 21.0. The number of methoxy groups -OCH3 is 1. The van der Waals surface area contributed by atoms with Crippen LogP contribution in [0.5, 0.6) is 5.75 Å². The third-order valence-electron chi connectivity index (χ3n) is 4.58. The minimum atomic E-state index is -0.773. The molecular weight excluding hydrogens is 390 g/mol. The Bertz CT molecular complexity index is 1000. The fraction of sp³-hybridized carbons (Fsp3) is 0.300. The summed E-state index contributed by atoms with van der Waals surface area (Å²) in [5, 5.41) is 28.7. The topological polar surface area (TPSA) is 136 Å². The van der Waals surface area contributed by atoms with Gasteiger partial charge in [-0.05, 0) is 12.0 Å². The molecule has 0 spiro atoms. The molecule has 3 N–H and O–H groups in total. The Labute approximate surface area is 172 Å². The van der Waals surface area contributed by atoms with Crippen LogP contribution in [0.2, 0.25) is 0 Å². The molecule has 1 saturated heterocycles. The molecule has 3 rings (SSSR count). The van der Waals surface area contributed by atoms with Crippen molar-refractivity contribution in [1.29, 1.82) is 10.5 Å². The molecule has 2 atom stereocenters. The molecule has 1 aromatic heterocycles. The lowest BCUT2D eigenvalue weighted by molar-refractivity contribution is -0.117. The van der Waals surface area contributed by atoms with Crippen molar-refractivity contribution in [2.45, 2.75) is 22.8 Å². The second kappa shape index (κ2) is 8.82. The van der Waals surface area contributed by atoms with Gasteiger partial charge in [-0.1, -0.05) is 42.1 Å². The lowest BCUT2D eigenvalue weighted by Gasteiger charge is -2.22. The number of nitriles is 2. The predicted molar refractivity (Wildman–Crippen MR) is 107 cm³/mol. The van der Waals surface area contributed by atoms with Gasteiger partial charge in [-0.3, -0.25) is 4.79 Å². The van der Waals surface area contributed by atoms with Gasteiger partial charge in [0.25, 0.3) is 0 Å². The van der Waals surface area contributed by atoms with Crippen molar-refractivity contribution in [1.82, 2.24) is 4.98 Å². The molecule has 1 amide bonds. The molecule has 0 aliphatic carbocycles. The zero-order valence-electron chi connectivity index (χ0n) is 15.7. The first-order chi connectivity index (χ1) is 14.0. The van der Waals surface area contributed by atoms with Gasteiger partial charge in [0.1, 0.15) is 33.5 Å². The highest BCUT2D eigenvalue weighted by atomic mass is 32.2. The minimum Gasteiger partial charge on any atom is -0.494 e. The number of rotatable bonds is 6. The normalized spacial score (nSPS) is 16.7. The summed E-state index contributed by atoms with van der Waals surface area (Å²) in [7, 11) is 1.37. The number of thioether (sulfide) groups is 1. The molecule has 1 unspecified atom stereocenters. The van der Waals surface area contributed by atoms with Gasteiger partial charge in [-0.25, -0.2) is 4.98 Å². The van der Waals surface area contributed by atoms with Crippen molar-refractivity contribution in [2.24, 2.45) is 5.73 Å². The number of aliphatic hydroxyl groups is 1. The van der Waals surface area contributed by atoms with E-state index in [2.05, 4.69) is 11.1 Å². The summed E-state index contributed by atoms with van der Waals surface area (Å²) in [6.07, 6.45) is 0.0226. The van der Waals surface area contributed by atoms with E-state index < -0.39 is 17.3 Å². The van der Waals surface area contributed by atoms with Crippen LogP contribution in [0.1, 0.15) is 28.4 Å². The molecule has 29 heavy (non-hydrogen) atoms. The SMILES string of the molecule is COc1c(C#N)c(SC(C(N)=O)c2ccccc2)nc(N2CC[C@H](O)C2)c1C#N. The van der Waals surface area contributed by atoms with E-state index in [-0.39, 0.29) is 21.9 Å². The molecule has 1 aromatic carbocycles. The first kappa shape index (κ1) is 20.5. The van der Waals surface area contributed by atoms with Crippen LogP contribution in [0.4, 0.5) is 5.82 Å². The number of nitrogens with zero attached hydrogens (tertiary/aromatic N) is 4. The first-order valence-electron chi connectivity index (χ1n) is 8.86. The molecule has 1 aliphatic rings. The van der Waals surface area contributed by atoms with Gasteiger partial charge in [0, 0.05) is 13.1 Å². The van der Waals surface area contributed by atoms with Crippen molar-refractivity contribution in [3.8, 4) is 17.9 Å². The number of aromatic nitrogens is 1. The Morgan fingerprint density at radius 1 is 1.34 bits per heavy atom. The van der Waals surface area contributed by atoms with E-state index >= 15 is 0 Å². The number of primary amides is 1. The van der Waals surface area contributed by atoms with Gasteiger partial charge in [0.2, 0.25) is 5.91 Å². The van der Waals surface area contributed by atoms with E-state index in [1.165, 1.54) is 7.11 Å². The maximum atomic E-state index is 12.1. The van der Waals surface area contributed by atoms with Crippen LogP contribution >= 0.6 is 11.8 Å². The van der Waals surface area contributed by atoms with E-state index in [0.29, 0.717) is 30.9 Å². The molecule has 148 valence electrons. The summed E-state index contributed by atoms with van der Waals surface area (Å²) in [6.45, 7) is 0.832. The second-order valence-corrected chi connectivity index (χ2v) is 7.54. The summed E-state index contributed by atoms with van der Waals surface area (Å²) < 4.78 is 5.37. The largest absolute Gasteiger partial charge is 0.494 e. The van der Waals surface area contributed by atoms with Crippen molar-refractivity contribution in [3.05, 3.63) is 47.0 Å². The Morgan fingerprint density at radius 3 is 2.55 bits per heavy atom. The van der Waals surface area contributed by atoms with Crippen LogP contribution in [-0.4, -0.2) is 42.3 Å². The average Bonchev–Trinajstić information content (AvgIpc) is 3.17. The fourth-order valence-electron chi connectivity index (χ4n) is 3.21. The van der Waals surface area contributed by atoms with Crippen molar-refractivity contribution >= 4 is 23.5 Å². The number of anilines is 1. The summed E-state index contributed by atoms with van der Waals surface area (Å²) in [6, 6.07) is 13.0. The number of carbonyl (C=O) groups excluding carboxylic acids is 1. The van der Waals surface area contributed by atoms with Crippen LogP contribution in [0, 0.1) is 22.7 Å². The Balaban J connectivity index is 2.13. The van der Waals surface area contributed by atoms with E-state index in [0.717, 1.165) is 11.8 Å². The molecule has 2 aromatic rings. The van der Waals surface area contributed by atoms with Gasteiger partial charge in [0.15, 0.2) is 11.6 Å². The number of aliphatic hydroxyl groups excluding tert-OH is 1. The number of amides is 1. The monoisotopic (exact) mass is 409 g/mol. The molecule has 9 heteroatoms. The average molecular weight is 409 g/mol. The van der Waals surface area contributed by atoms with Gasteiger partial charge < -0.3 is 20.5 Å². The number of nitrogens with two attached hydrogens (primary N) is 1. The van der Waals surface area contributed by atoms with Crippen LogP contribution in [0.25, 0.3) is 0 Å². The standard InChI is InChI=1S/C20H19N5O3S/c1-28-16-14(9-21)19(25-8-7-13(26)11-25)24-20(15(16)10-22)29-17(18(23)27)12-5-3-2-4-6-12/h2-6,13,17,26H,7-8,11H2,1H3,(H2,23,27)/t13-,17?/m0/s1. The molecule has 1 aliphatic heterocycles. The summed E-state index contributed by atoms with van der Waals surface area (Å²) in [4.78, 5) is 18.4. The molecule has 8 nitrogen and oxygen atoms in total. The lowest BCUT2D eigenvalue weighted by atomic mass is 10.1. The Kier molecular flexibility index (Phi) is 6.23. The Hall–Kier alpha value is -3.27. The molecule has 0 bridgehead atoms. The maximum absolute atomic E-state index is 12.1. The highest BCUT2D eigenvalue weighted by Gasteiger charge is 2.30. The third kappa shape index (κ3) is 4.11. The van der Waals surface area contributed by atoms with Gasteiger partial charge >= 0.3 is 0 Å². The number of carbonyl (C=O) groups is 1. The second-order valence-electron chi connectivity index (χ2n) is 6.45. The molecule has 1 fully saturated rings. The smallest absolute Gasteiger partial charge is 0.235 e. The van der Waals surface area contributed by atoms with Crippen molar-refractivity contribution in [2.75, 3.05) is 25.1 Å². The maximum Gasteiger partial charge on any atom is 0.235 e. The highest BCUT2D eigenvalue weighted by molar-refractivity contribution is 8.00. The van der Waals surface area contributed by atoms with E-state index in [1.807, 2.05) is 12.1 Å². The fourth-order valence-corrected chi connectivity index (χ4v) is 4.24. The highest BCUT2D eigenvalue weighted by Crippen LogP contribution is 2.42. The quantitative estimate of drug-likeness (QED) is 0.688. The van der Waals surface area contributed by atoms with E-state index in [1.54, 1.807) is 29.2 Å². The number of benzene rings is 1. The van der Waals surface area contributed by atoms with Crippen molar-refractivity contribution < 1.29 is 14.6 Å². The van der Waals surface area contributed by atoms with Crippen LogP contribution in [0.15, 0.2) is 35.4 Å². The minimum absolute atomic E-state index is 0.0692. The number of pyridine rings is 1. The molecule has 0 saturated carbocycles. The van der Waals surface area contributed by atoms with E-state index in [4.69, 9.17) is 10.5 Å². The van der Waals surface area contributed by atoms with Crippen LogP contribution in [0.3, 0.4) is 0 Å². The number of β-amino-alcohol motifs (C(OH)–C–C–N with tert-alkyl or cyclic N) is 1. The summed E-state index contributed by atoms with van der Waals surface area (Å²) in [5.41, 5.74) is 6.49. The zero-order valence-corrected chi connectivity index (χ0v) is 16.5.